The SMILES string of the molecule is COc1ccccc1Oc1c(NSc2ccc(C(C)(C)C)cc2)nc(S(C)(=O)=O)nc1OCCOC(C)(C)C. The van der Waals surface area contributed by atoms with Gasteiger partial charge in [0.2, 0.25) is 15.6 Å². The second-order valence-electron chi connectivity index (χ2n) is 10.8. The first kappa shape index (κ1) is 30.5. The lowest BCUT2D eigenvalue weighted by Gasteiger charge is -2.21. The maximum atomic E-state index is 12.5. The normalized spacial score (nSPS) is 12.2. The second kappa shape index (κ2) is 12.4. The van der Waals surface area contributed by atoms with Gasteiger partial charge in [0.25, 0.3) is 11.0 Å². The number of hydrogen-bond donors (Lipinski definition) is 1. The summed E-state index contributed by atoms with van der Waals surface area (Å²) in [7, 11) is -2.24. The van der Waals surface area contributed by atoms with Crippen LogP contribution in [0.25, 0.3) is 0 Å². The summed E-state index contributed by atoms with van der Waals surface area (Å²) >= 11 is 1.26. The van der Waals surface area contributed by atoms with Crippen molar-refractivity contribution in [2.24, 2.45) is 0 Å². The number of nitrogens with one attached hydrogen (secondary N) is 1. The van der Waals surface area contributed by atoms with Crippen LogP contribution in [-0.4, -0.2) is 50.6 Å². The van der Waals surface area contributed by atoms with Gasteiger partial charge in [0.15, 0.2) is 17.3 Å². The Bertz CT molecular complexity index is 1370. The molecule has 0 saturated carbocycles. The first-order valence-corrected chi connectivity index (χ1v) is 15.1. The smallest absolute Gasteiger partial charge is 0.264 e. The van der Waals surface area contributed by atoms with Crippen LogP contribution in [0, 0.1) is 0 Å². The van der Waals surface area contributed by atoms with E-state index in [0.29, 0.717) is 11.5 Å². The number of rotatable bonds is 11. The Labute approximate surface area is 235 Å². The van der Waals surface area contributed by atoms with Crippen LogP contribution in [-0.2, 0) is 20.0 Å². The number of aromatic nitrogens is 2. The van der Waals surface area contributed by atoms with Crippen LogP contribution in [0.1, 0.15) is 47.1 Å². The van der Waals surface area contributed by atoms with E-state index in [1.54, 1.807) is 18.2 Å². The van der Waals surface area contributed by atoms with Crippen molar-refractivity contribution in [1.82, 2.24) is 9.97 Å². The van der Waals surface area contributed by atoms with Gasteiger partial charge < -0.3 is 23.7 Å². The zero-order valence-electron chi connectivity index (χ0n) is 23.7. The van der Waals surface area contributed by atoms with Crippen LogP contribution in [0.5, 0.6) is 23.1 Å². The molecule has 39 heavy (non-hydrogen) atoms. The van der Waals surface area contributed by atoms with Gasteiger partial charge in [0, 0.05) is 11.2 Å². The number of para-hydroxylation sites is 2. The Kier molecular flexibility index (Phi) is 9.74. The standard InChI is InChI=1S/C28H37N3O6S2/c1-27(2,3)19-13-15-20(16-14-19)38-31-24-23(37-22-12-10-9-11-21(22)34-7)25(30-26(29-24)39(8,32)33)35-17-18-36-28(4,5)6/h9-16H,17-18H2,1-8H3,(H,29,30,31). The van der Waals surface area contributed by atoms with Gasteiger partial charge in [0.1, 0.15) is 6.61 Å². The van der Waals surface area contributed by atoms with Crippen molar-refractivity contribution in [2.45, 2.75) is 62.6 Å². The summed E-state index contributed by atoms with van der Waals surface area (Å²) in [6.07, 6.45) is 1.04. The molecule has 212 valence electrons. The number of ether oxygens (including phenoxy) is 4. The van der Waals surface area contributed by atoms with E-state index in [9.17, 15) is 8.42 Å². The Balaban J connectivity index is 2.01. The van der Waals surface area contributed by atoms with E-state index < -0.39 is 15.0 Å². The zero-order chi connectivity index (χ0) is 28.8. The van der Waals surface area contributed by atoms with Crippen LogP contribution in [0.15, 0.2) is 58.6 Å². The minimum Gasteiger partial charge on any atom is -0.493 e. The Hall–Kier alpha value is -3.02. The molecule has 3 aromatic rings. The molecule has 0 aliphatic rings. The number of anilines is 1. The molecule has 0 spiro atoms. The lowest BCUT2D eigenvalue weighted by Crippen LogP contribution is -2.23. The molecule has 0 unspecified atom stereocenters. The minimum absolute atomic E-state index is 0.0202. The third kappa shape index (κ3) is 9.01. The second-order valence-corrected chi connectivity index (χ2v) is 13.6. The van der Waals surface area contributed by atoms with Crippen LogP contribution in [0.2, 0.25) is 0 Å². The van der Waals surface area contributed by atoms with Crippen molar-refractivity contribution < 1.29 is 27.4 Å². The Morgan fingerprint density at radius 3 is 2.10 bits per heavy atom. The average Bonchev–Trinajstić information content (AvgIpc) is 2.85. The molecule has 0 aliphatic heterocycles. The fraction of sp³-hybridized carbons (Fsp3) is 0.429. The molecule has 1 N–H and O–H groups in total. The van der Waals surface area contributed by atoms with E-state index in [2.05, 4.69) is 47.6 Å². The van der Waals surface area contributed by atoms with Gasteiger partial charge in [-0.25, -0.2) is 8.42 Å². The van der Waals surface area contributed by atoms with Crippen molar-refractivity contribution >= 4 is 27.6 Å². The van der Waals surface area contributed by atoms with Crippen LogP contribution in [0.3, 0.4) is 0 Å². The molecule has 1 aromatic heterocycles. The summed E-state index contributed by atoms with van der Waals surface area (Å²) < 4.78 is 51.4. The molecule has 0 fully saturated rings. The highest BCUT2D eigenvalue weighted by Gasteiger charge is 2.25. The number of sulfone groups is 1. The van der Waals surface area contributed by atoms with Gasteiger partial charge >= 0.3 is 0 Å². The summed E-state index contributed by atoms with van der Waals surface area (Å²) in [5.41, 5.74) is 0.851. The quantitative estimate of drug-likeness (QED) is 0.159. The minimum atomic E-state index is -3.77. The summed E-state index contributed by atoms with van der Waals surface area (Å²) in [4.78, 5) is 9.37. The maximum Gasteiger partial charge on any atom is 0.264 e. The van der Waals surface area contributed by atoms with Crippen LogP contribution >= 0.6 is 11.9 Å². The third-order valence-electron chi connectivity index (χ3n) is 5.27. The largest absolute Gasteiger partial charge is 0.493 e. The highest BCUT2D eigenvalue weighted by atomic mass is 32.2. The molecule has 11 heteroatoms. The Morgan fingerprint density at radius 2 is 1.54 bits per heavy atom. The molecule has 0 atom stereocenters. The van der Waals surface area contributed by atoms with Crippen LogP contribution < -0.4 is 18.9 Å². The molecule has 0 aliphatic carbocycles. The average molecular weight is 576 g/mol. The highest BCUT2D eigenvalue weighted by molar-refractivity contribution is 8.00. The van der Waals surface area contributed by atoms with Gasteiger partial charge in [-0.2, -0.15) is 9.97 Å². The molecule has 2 aromatic carbocycles. The van der Waals surface area contributed by atoms with Gasteiger partial charge in [0.05, 0.1) is 19.3 Å². The fourth-order valence-corrected chi connectivity index (χ4v) is 4.40. The van der Waals surface area contributed by atoms with Crippen LogP contribution in [0.4, 0.5) is 5.82 Å². The van der Waals surface area contributed by atoms with Gasteiger partial charge in [-0.05, 0) is 68.0 Å². The van der Waals surface area contributed by atoms with E-state index >= 15 is 0 Å². The number of hydrogen-bond acceptors (Lipinski definition) is 10. The lowest BCUT2D eigenvalue weighted by molar-refractivity contribution is -0.0171. The van der Waals surface area contributed by atoms with Crippen molar-refractivity contribution in [3.8, 4) is 23.1 Å². The monoisotopic (exact) mass is 575 g/mol. The summed E-state index contributed by atoms with van der Waals surface area (Å²) in [6, 6.07) is 15.2. The topological polar surface area (TPSA) is 109 Å². The van der Waals surface area contributed by atoms with E-state index in [1.807, 2.05) is 39.0 Å². The molecule has 3 rings (SSSR count). The van der Waals surface area contributed by atoms with E-state index in [0.717, 1.165) is 11.2 Å². The van der Waals surface area contributed by atoms with E-state index in [-0.39, 0.29) is 41.7 Å². The highest BCUT2D eigenvalue weighted by Crippen LogP contribution is 2.41. The predicted molar refractivity (Wildman–Crippen MR) is 154 cm³/mol. The van der Waals surface area contributed by atoms with Crippen molar-refractivity contribution in [3.63, 3.8) is 0 Å². The number of methoxy groups -OCH3 is 1. The summed E-state index contributed by atoms with van der Waals surface area (Å²) in [5, 5.41) is -0.396. The molecule has 0 bridgehead atoms. The molecular weight excluding hydrogens is 538 g/mol. The molecule has 1 heterocycles. The zero-order valence-corrected chi connectivity index (χ0v) is 25.3. The van der Waals surface area contributed by atoms with Gasteiger partial charge in [-0.1, -0.05) is 45.0 Å². The predicted octanol–water partition coefficient (Wildman–Crippen LogP) is 6.29. The summed E-state index contributed by atoms with van der Waals surface area (Å²) in [6.45, 7) is 12.6. The Morgan fingerprint density at radius 1 is 0.897 bits per heavy atom. The fourth-order valence-electron chi connectivity index (χ4n) is 3.26. The first-order valence-electron chi connectivity index (χ1n) is 12.4. The van der Waals surface area contributed by atoms with E-state index in [1.165, 1.54) is 24.6 Å². The molecular formula is C28H37N3O6S2. The first-order chi connectivity index (χ1) is 18.2. The molecule has 0 amide bonds. The summed E-state index contributed by atoms with van der Waals surface area (Å²) in [5.74, 6) is 1.06. The third-order valence-corrected chi connectivity index (χ3v) is 6.92. The van der Waals surface area contributed by atoms with Crippen molar-refractivity contribution in [2.75, 3.05) is 31.3 Å². The number of nitrogens with zero attached hydrogens (tertiary/aromatic N) is 2. The molecule has 9 nitrogen and oxygen atoms in total. The number of benzene rings is 2. The van der Waals surface area contributed by atoms with Gasteiger partial charge in [-0.3, -0.25) is 0 Å². The van der Waals surface area contributed by atoms with Crippen molar-refractivity contribution in [3.05, 3.63) is 54.1 Å². The van der Waals surface area contributed by atoms with E-state index in [4.69, 9.17) is 18.9 Å². The lowest BCUT2D eigenvalue weighted by atomic mass is 9.87. The molecule has 0 saturated heterocycles. The maximum absolute atomic E-state index is 12.5. The molecule has 0 radical (unpaired) electrons. The van der Waals surface area contributed by atoms with Crippen molar-refractivity contribution in [1.29, 1.82) is 0 Å². The van der Waals surface area contributed by atoms with Gasteiger partial charge in [-0.15, -0.1) is 0 Å².